The van der Waals surface area contributed by atoms with Gasteiger partial charge in [-0.05, 0) is 44.1 Å². The first-order valence-corrected chi connectivity index (χ1v) is 18.0. The third-order valence-corrected chi connectivity index (χ3v) is 8.07. The zero-order chi connectivity index (χ0) is 30.8. The van der Waals surface area contributed by atoms with E-state index in [0.29, 0.717) is 26.1 Å². The van der Waals surface area contributed by atoms with Gasteiger partial charge in [-0.2, -0.15) is 0 Å². The van der Waals surface area contributed by atoms with Gasteiger partial charge in [0.05, 0.1) is 13.2 Å². The van der Waals surface area contributed by atoms with Crippen molar-refractivity contribution in [2.45, 2.75) is 200 Å². The number of carbonyl (C=O) groups excluding carboxylic acids is 2. The van der Waals surface area contributed by atoms with Gasteiger partial charge in [-0.3, -0.25) is 9.59 Å². The molecule has 7 nitrogen and oxygen atoms in total. The van der Waals surface area contributed by atoms with Crippen molar-refractivity contribution in [3.05, 3.63) is 10.4 Å². The molecule has 246 valence electrons. The van der Waals surface area contributed by atoms with Crippen molar-refractivity contribution in [3.8, 4) is 0 Å². The first-order valence-electron chi connectivity index (χ1n) is 18.0. The standard InChI is InChI=1S/C35H67N3O4/c1-3-5-7-19-25-31-41-34(39)29-23-17-13-9-11-15-21-27-33(37-38-36)28-22-16-12-10-14-18-24-30-35(40)42-32-26-20-8-6-4-2/h33H,3-32H2,1-2H3. The van der Waals surface area contributed by atoms with Crippen molar-refractivity contribution in [1.29, 1.82) is 0 Å². The molecule has 0 aliphatic carbocycles. The van der Waals surface area contributed by atoms with E-state index in [-0.39, 0.29) is 18.0 Å². The fraction of sp³-hybridized carbons (Fsp3) is 0.943. The Kier molecular flexibility index (Phi) is 32.3. The minimum Gasteiger partial charge on any atom is -0.466 e. The molecule has 0 saturated heterocycles. The molecule has 0 rings (SSSR count). The number of ether oxygens (including phenoxy) is 2. The summed E-state index contributed by atoms with van der Waals surface area (Å²) >= 11 is 0. The highest BCUT2D eigenvalue weighted by molar-refractivity contribution is 5.69. The smallest absolute Gasteiger partial charge is 0.305 e. The molecular formula is C35H67N3O4. The number of esters is 2. The number of carbonyl (C=O) groups is 2. The molecule has 0 radical (unpaired) electrons. The highest BCUT2D eigenvalue weighted by atomic mass is 16.5. The van der Waals surface area contributed by atoms with Gasteiger partial charge < -0.3 is 9.47 Å². The Morgan fingerprint density at radius 2 is 0.857 bits per heavy atom. The van der Waals surface area contributed by atoms with E-state index in [1.165, 1.54) is 89.9 Å². The van der Waals surface area contributed by atoms with Gasteiger partial charge in [-0.1, -0.05) is 147 Å². The van der Waals surface area contributed by atoms with E-state index in [1.807, 2.05) is 0 Å². The van der Waals surface area contributed by atoms with E-state index >= 15 is 0 Å². The Morgan fingerprint density at radius 1 is 0.524 bits per heavy atom. The van der Waals surface area contributed by atoms with Crippen LogP contribution in [0.4, 0.5) is 0 Å². The van der Waals surface area contributed by atoms with E-state index in [2.05, 4.69) is 23.9 Å². The summed E-state index contributed by atoms with van der Waals surface area (Å²) in [7, 11) is 0. The summed E-state index contributed by atoms with van der Waals surface area (Å²) in [4.78, 5) is 26.7. The Labute approximate surface area is 259 Å². The quantitative estimate of drug-likeness (QED) is 0.0248. The molecule has 0 aliphatic heterocycles. The molecule has 0 amide bonds. The highest BCUT2D eigenvalue weighted by Crippen LogP contribution is 2.18. The predicted molar refractivity (Wildman–Crippen MR) is 175 cm³/mol. The maximum atomic E-state index is 11.8. The van der Waals surface area contributed by atoms with Gasteiger partial charge >= 0.3 is 11.9 Å². The molecule has 0 atom stereocenters. The molecule has 0 aromatic rings. The SMILES string of the molecule is CCCCCCCOC(=O)CCCCCCCCCC(CCCCCCCCCC(=O)OCCCCCCC)N=[N+]=[N-]. The number of rotatable bonds is 33. The van der Waals surface area contributed by atoms with Gasteiger partial charge in [0.15, 0.2) is 0 Å². The molecule has 7 heteroatoms. The third kappa shape index (κ3) is 31.2. The number of unbranched alkanes of at least 4 members (excludes halogenated alkanes) is 20. The summed E-state index contributed by atoms with van der Waals surface area (Å²) < 4.78 is 10.7. The number of azide groups is 1. The third-order valence-electron chi connectivity index (χ3n) is 8.07. The second-order valence-corrected chi connectivity index (χ2v) is 12.2. The first-order chi connectivity index (χ1) is 20.6. The maximum Gasteiger partial charge on any atom is 0.305 e. The van der Waals surface area contributed by atoms with Crippen molar-refractivity contribution in [2.24, 2.45) is 5.11 Å². The van der Waals surface area contributed by atoms with Gasteiger partial charge in [0, 0.05) is 23.8 Å². The summed E-state index contributed by atoms with van der Waals surface area (Å²) in [5.41, 5.74) is 8.94. The largest absolute Gasteiger partial charge is 0.466 e. The number of hydrogen-bond acceptors (Lipinski definition) is 5. The van der Waals surface area contributed by atoms with Gasteiger partial charge in [0.1, 0.15) is 0 Å². The molecule has 0 spiro atoms. The second-order valence-electron chi connectivity index (χ2n) is 12.2. The number of nitrogens with zero attached hydrogens (tertiary/aromatic N) is 3. The van der Waals surface area contributed by atoms with Crippen LogP contribution in [0.2, 0.25) is 0 Å². The van der Waals surface area contributed by atoms with E-state index in [1.54, 1.807) is 0 Å². The monoisotopic (exact) mass is 594 g/mol. The molecule has 0 aliphatic rings. The lowest BCUT2D eigenvalue weighted by Crippen LogP contribution is -2.05. The minimum atomic E-state index is -0.0350. The fourth-order valence-corrected chi connectivity index (χ4v) is 5.33. The number of hydrogen-bond donors (Lipinski definition) is 0. The Hall–Kier alpha value is -1.75. The second kappa shape index (κ2) is 33.7. The van der Waals surface area contributed by atoms with Gasteiger partial charge in [0.2, 0.25) is 0 Å². The zero-order valence-corrected chi connectivity index (χ0v) is 27.8. The van der Waals surface area contributed by atoms with Crippen LogP contribution < -0.4 is 0 Å². The normalized spacial score (nSPS) is 11.0. The summed E-state index contributed by atoms with van der Waals surface area (Å²) in [5, 5.41) is 4.05. The van der Waals surface area contributed by atoms with Gasteiger partial charge in [-0.25, -0.2) is 0 Å². The summed E-state index contributed by atoms with van der Waals surface area (Å²) in [5.74, 6) is -0.0701. The molecule has 0 unspecified atom stereocenters. The van der Waals surface area contributed by atoms with E-state index < -0.39 is 0 Å². The van der Waals surface area contributed by atoms with Crippen LogP contribution in [-0.4, -0.2) is 31.2 Å². The minimum absolute atomic E-state index is 0.0350. The molecule has 42 heavy (non-hydrogen) atoms. The van der Waals surface area contributed by atoms with Crippen molar-refractivity contribution in [2.75, 3.05) is 13.2 Å². The Balaban J connectivity index is 3.53. The van der Waals surface area contributed by atoms with Gasteiger partial charge in [0.25, 0.3) is 0 Å². The lowest BCUT2D eigenvalue weighted by atomic mass is 10.0. The van der Waals surface area contributed by atoms with E-state index in [9.17, 15) is 9.59 Å². The van der Waals surface area contributed by atoms with Crippen molar-refractivity contribution in [3.63, 3.8) is 0 Å². The van der Waals surface area contributed by atoms with Crippen LogP contribution in [0.5, 0.6) is 0 Å². The average molecular weight is 594 g/mol. The van der Waals surface area contributed by atoms with E-state index in [4.69, 9.17) is 15.0 Å². The molecule has 0 fully saturated rings. The molecule has 0 heterocycles. The van der Waals surface area contributed by atoms with Crippen molar-refractivity contribution in [1.82, 2.24) is 0 Å². The molecule has 0 N–H and O–H groups in total. The van der Waals surface area contributed by atoms with E-state index in [0.717, 1.165) is 77.0 Å². The van der Waals surface area contributed by atoms with Crippen LogP contribution in [0.3, 0.4) is 0 Å². The summed E-state index contributed by atoms with van der Waals surface area (Å²) in [6.07, 6.45) is 30.7. The van der Waals surface area contributed by atoms with Crippen LogP contribution in [0, 0.1) is 0 Å². The van der Waals surface area contributed by atoms with Crippen LogP contribution in [0.25, 0.3) is 10.4 Å². The fourth-order valence-electron chi connectivity index (χ4n) is 5.33. The molecular weight excluding hydrogens is 526 g/mol. The lowest BCUT2D eigenvalue weighted by molar-refractivity contribution is -0.144. The first kappa shape index (κ1) is 40.2. The topological polar surface area (TPSA) is 101 Å². The van der Waals surface area contributed by atoms with Crippen LogP contribution in [-0.2, 0) is 19.1 Å². The molecule has 0 bridgehead atoms. The summed E-state index contributed by atoms with van der Waals surface area (Å²) in [6, 6.07) is 0.130. The van der Waals surface area contributed by atoms with Gasteiger partial charge in [-0.15, -0.1) is 0 Å². The highest BCUT2D eigenvalue weighted by Gasteiger charge is 2.07. The lowest BCUT2D eigenvalue weighted by Gasteiger charge is -2.11. The molecule has 0 aromatic heterocycles. The maximum absolute atomic E-state index is 11.8. The molecule has 0 saturated carbocycles. The van der Waals surface area contributed by atoms with Crippen molar-refractivity contribution < 1.29 is 19.1 Å². The van der Waals surface area contributed by atoms with Crippen molar-refractivity contribution >= 4 is 11.9 Å². The van der Waals surface area contributed by atoms with Crippen LogP contribution >= 0.6 is 0 Å². The Morgan fingerprint density at radius 3 is 1.24 bits per heavy atom. The van der Waals surface area contributed by atoms with Crippen LogP contribution in [0.15, 0.2) is 5.11 Å². The van der Waals surface area contributed by atoms with Crippen LogP contribution in [0.1, 0.15) is 194 Å². The summed E-state index contributed by atoms with van der Waals surface area (Å²) in [6.45, 7) is 5.58. The Bertz CT molecular complexity index is 606. The predicted octanol–water partition coefficient (Wildman–Crippen LogP) is 11.7. The molecule has 0 aromatic carbocycles. The zero-order valence-electron chi connectivity index (χ0n) is 27.8. The average Bonchev–Trinajstić information content (AvgIpc) is 2.98.